The Morgan fingerprint density at radius 1 is 0.962 bits per heavy atom. The van der Waals surface area contributed by atoms with Gasteiger partial charge in [-0.3, -0.25) is 9.59 Å². The minimum atomic E-state index is -0.971. The van der Waals surface area contributed by atoms with Crippen molar-refractivity contribution in [3.8, 4) is 0 Å². The van der Waals surface area contributed by atoms with Crippen LogP contribution >= 0.6 is 11.3 Å². The summed E-state index contributed by atoms with van der Waals surface area (Å²) in [5.41, 5.74) is 0.969. The third-order valence-electron chi connectivity index (χ3n) is 3.65. The number of nitrogens with one attached hydrogen (secondary N) is 2. The Kier molecular flexibility index (Phi) is 6.15. The molecule has 138 valence electrons. The first-order valence-corrected chi connectivity index (χ1v) is 8.96. The number of thiophene rings is 1. The van der Waals surface area contributed by atoms with Gasteiger partial charge in [0.15, 0.2) is 0 Å². The van der Waals surface area contributed by atoms with Crippen LogP contribution in [0, 0.1) is 5.41 Å². The average Bonchev–Trinajstić information content (AvgIpc) is 3.06. The van der Waals surface area contributed by atoms with E-state index in [9.17, 15) is 14.4 Å². The molecule has 26 heavy (non-hydrogen) atoms. The van der Waals surface area contributed by atoms with Crippen LogP contribution in [0.25, 0.3) is 0 Å². The Morgan fingerprint density at radius 2 is 1.62 bits per heavy atom. The molecule has 0 spiro atoms. The molecule has 0 saturated heterocycles. The van der Waals surface area contributed by atoms with Crippen LogP contribution in [0.3, 0.4) is 0 Å². The number of hydrogen-bond donors (Lipinski definition) is 3. The molecule has 2 aromatic rings. The van der Waals surface area contributed by atoms with Crippen LogP contribution in [-0.4, -0.2) is 22.9 Å². The van der Waals surface area contributed by atoms with Crippen LogP contribution in [0.4, 0.5) is 0 Å². The van der Waals surface area contributed by atoms with Gasteiger partial charge in [-0.2, -0.15) is 0 Å². The van der Waals surface area contributed by atoms with Gasteiger partial charge in [-0.25, -0.2) is 4.79 Å². The van der Waals surface area contributed by atoms with Crippen molar-refractivity contribution in [1.29, 1.82) is 0 Å². The maximum absolute atomic E-state index is 12.2. The minimum absolute atomic E-state index is 0.0315. The summed E-state index contributed by atoms with van der Waals surface area (Å²) >= 11 is 1.14. The lowest BCUT2D eigenvalue weighted by atomic mass is 9.95. The maximum atomic E-state index is 12.2. The Balaban J connectivity index is 1.87. The molecule has 0 saturated carbocycles. The Bertz CT molecular complexity index is 804. The lowest BCUT2D eigenvalue weighted by Crippen LogP contribution is -2.34. The first kappa shape index (κ1) is 19.7. The molecule has 0 radical (unpaired) electrons. The Hall–Kier alpha value is -2.67. The molecule has 0 unspecified atom stereocenters. The highest BCUT2D eigenvalue weighted by Crippen LogP contribution is 2.16. The van der Waals surface area contributed by atoms with E-state index in [1.807, 2.05) is 20.8 Å². The van der Waals surface area contributed by atoms with Gasteiger partial charge in [-0.1, -0.05) is 32.9 Å². The van der Waals surface area contributed by atoms with E-state index in [1.54, 1.807) is 30.3 Å². The van der Waals surface area contributed by atoms with Gasteiger partial charge >= 0.3 is 5.97 Å². The molecule has 0 aliphatic heterocycles. The highest BCUT2D eigenvalue weighted by molar-refractivity contribution is 7.13. The molecule has 1 heterocycles. The number of carbonyl (C=O) groups excluding carboxylic acids is 2. The second-order valence-electron chi connectivity index (χ2n) is 6.88. The smallest absolute Gasteiger partial charge is 0.345 e. The molecule has 3 N–H and O–H groups in total. The molecule has 0 atom stereocenters. The molecule has 2 rings (SSSR count). The summed E-state index contributed by atoms with van der Waals surface area (Å²) in [6.07, 6.45) is 0. The normalized spacial score (nSPS) is 11.0. The van der Waals surface area contributed by atoms with Gasteiger partial charge in [-0.15, -0.1) is 11.3 Å². The van der Waals surface area contributed by atoms with Gasteiger partial charge in [-0.05, 0) is 29.8 Å². The van der Waals surface area contributed by atoms with Gasteiger partial charge in [0.25, 0.3) is 5.91 Å². The summed E-state index contributed by atoms with van der Waals surface area (Å²) in [4.78, 5) is 35.9. The van der Waals surface area contributed by atoms with Gasteiger partial charge in [0.05, 0.1) is 6.54 Å². The molecule has 0 aliphatic carbocycles. The van der Waals surface area contributed by atoms with Crippen LogP contribution in [0.1, 0.15) is 51.2 Å². The lowest BCUT2D eigenvalue weighted by Gasteiger charge is -2.17. The summed E-state index contributed by atoms with van der Waals surface area (Å²) in [5, 5.41) is 14.5. The van der Waals surface area contributed by atoms with Crippen LogP contribution in [-0.2, 0) is 17.9 Å². The van der Waals surface area contributed by atoms with Crippen molar-refractivity contribution in [2.45, 2.75) is 33.9 Å². The van der Waals surface area contributed by atoms with Gasteiger partial charge in [0.2, 0.25) is 5.91 Å². The number of rotatable bonds is 6. The molecule has 1 aromatic carbocycles. The highest BCUT2D eigenvalue weighted by atomic mass is 32.1. The number of carboxylic acids is 1. The average molecular weight is 374 g/mol. The predicted octanol–water partition coefficient (Wildman–Crippen LogP) is 3.04. The zero-order valence-corrected chi connectivity index (χ0v) is 15.8. The van der Waals surface area contributed by atoms with Crippen molar-refractivity contribution in [3.63, 3.8) is 0 Å². The van der Waals surface area contributed by atoms with E-state index >= 15 is 0 Å². The van der Waals surface area contributed by atoms with E-state index in [1.165, 1.54) is 6.07 Å². The third kappa shape index (κ3) is 5.42. The SMILES string of the molecule is CC(C)(C)C(=O)NCc1ccc(C(=O)NCc2ccc(C(=O)O)s2)cc1. The van der Waals surface area contributed by atoms with E-state index in [-0.39, 0.29) is 23.2 Å². The second-order valence-corrected chi connectivity index (χ2v) is 8.05. The summed E-state index contributed by atoms with van der Waals surface area (Å²) in [5.74, 6) is -1.24. The molecule has 0 aliphatic rings. The van der Waals surface area contributed by atoms with Crippen molar-refractivity contribution in [2.75, 3.05) is 0 Å². The number of hydrogen-bond acceptors (Lipinski definition) is 4. The monoisotopic (exact) mass is 374 g/mol. The van der Waals surface area contributed by atoms with Crippen LogP contribution in [0.5, 0.6) is 0 Å². The van der Waals surface area contributed by atoms with Crippen LogP contribution < -0.4 is 10.6 Å². The highest BCUT2D eigenvalue weighted by Gasteiger charge is 2.20. The lowest BCUT2D eigenvalue weighted by molar-refractivity contribution is -0.128. The number of carboxylic acid groups (broad SMARTS) is 1. The molecular weight excluding hydrogens is 352 g/mol. The first-order valence-electron chi connectivity index (χ1n) is 8.14. The fourth-order valence-corrected chi connectivity index (χ4v) is 2.87. The van der Waals surface area contributed by atoms with E-state index in [2.05, 4.69) is 10.6 Å². The van der Waals surface area contributed by atoms with E-state index in [4.69, 9.17) is 5.11 Å². The summed E-state index contributed by atoms with van der Waals surface area (Å²) in [6, 6.07) is 10.2. The number of aromatic carboxylic acids is 1. The van der Waals surface area contributed by atoms with Gasteiger partial charge in [0, 0.05) is 22.4 Å². The molecule has 7 heteroatoms. The van der Waals surface area contributed by atoms with Gasteiger partial charge in [0.1, 0.15) is 4.88 Å². The van der Waals surface area contributed by atoms with E-state index in [0.717, 1.165) is 21.8 Å². The Morgan fingerprint density at radius 3 is 2.15 bits per heavy atom. The molecule has 1 aromatic heterocycles. The summed E-state index contributed by atoms with van der Waals surface area (Å²) in [6.45, 7) is 6.24. The fraction of sp³-hybridized carbons (Fsp3) is 0.316. The fourth-order valence-electron chi connectivity index (χ4n) is 2.08. The minimum Gasteiger partial charge on any atom is -0.477 e. The summed E-state index contributed by atoms with van der Waals surface area (Å²) in [7, 11) is 0. The molecule has 2 amide bonds. The zero-order chi connectivity index (χ0) is 19.3. The molecule has 6 nitrogen and oxygen atoms in total. The number of amides is 2. The topological polar surface area (TPSA) is 95.5 Å². The molecular formula is C19H22N2O4S. The molecule has 0 fully saturated rings. The van der Waals surface area contributed by atoms with Crippen molar-refractivity contribution >= 4 is 29.1 Å². The second kappa shape index (κ2) is 8.14. The van der Waals surface area contributed by atoms with Crippen molar-refractivity contribution in [3.05, 3.63) is 57.3 Å². The van der Waals surface area contributed by atoms with Crippen molar-refractivity contribution in [2.24, 2.45) is 5.41 Å². The van der Waals surface area contributed by atoms with Crippen molar-refractivity contribution in [1.82, 2.24) is 10.6 Å². The van der Waals surface area contributed by atoms with Crippen LogP contribution in [0.2, 0.25) is 0 Å². The zero-order valence-electron chi connectivity index (χ0n) is 15.0. The maximum Gasteiger partial charge on any atom is 0.345 e. The quantitative estimate of drug-likeness (QED) is 0.724. The summed E-state index contributed by atoms with van der Waals surface area (Å²) < 4.78 is 0. The molecule has 0 bridgehead atoms. The Labute approximate surface area is 156 Å². The first-order chi connectivity index (χ1) is 12.2. The number of carbonyl (C=O) groups is 3. The predicted molar refractivity (Wildman–Crippen MR) is 100 cm³/mol. The van der Waals surface area contributed by atoms with E-state index in [0.29, 0.717) is 12.1 Å². The van der Waals surface area contributed by atoms with Crippen LogP contribution in [0.15, 0.2) is 36.4 Å². The third-order valence-corrected chi connectivity index (χ3v) is 4.72. The largest absolute Gasteiger partial charge is 0.477 e. The van der Waals surface area contributed by atoms with E-state index < -0.39 is 11.4 Å². The standard InChI is InChI=1S/C19H22N2O4S/c1-19(2,3)18(25)21-10-12-4-6-13(7-5-12)16(22)20-11-14-8-9-15(26-14)17(23)24/h4-9H,10-11H2,1-3H3,(H,20,22)(H,21,25)(H,23,24). The van der Waals surface area contributed by atoms with Gasteiger partial charge < -0.3 is 15.7 Å². The van der Waals surface area contributed by atoms with Crippen molar-refractivity contribution < 1.29 is 19.5 Å². The number of benzene rings is 1.